The predicted molar refractivity (Wildman–Crippen MR) is 108 cm³/mol. The maximum absolute atomic E-state index is 13.1. The number of halogens is 3. The third-order valence-corrected chi connectivity index (χ3v) is 6.62. The third kappa shape index (κ3) is 4.09. The minimum atomic E-state index is -0.868. The van der Waals surface area contributed by atoms with Crippen LogP contribution >= 0.6 is 47.8 Å². The van der Waals surface area contributed by atoms with Gasteiger partial charge in [-0.25, -0.2) is 0 Å². The molecule has 7 heteroatoms. The highest BCUT2D eigenvalue weighted by molar-refractivity contribution is 9.13. The van der Waals surface area contributed by atoms with Crippen molar-refractivity contribution in [2.45, 2.75) is 32.6 Å². The van der Waals surface area contributed by atoms with Crippen molar-refractivity contribution >= 4 is 59.5 Å². The van der Waals surface area contributed by atoms with Gasteiger partial charge in [0.2, 0.25) is 5.78 Å². The average Bonchev–Trinajstić information content (AvgIpc) is 2.82. The minimum Gasteiger partial charge on any atom is -0.481 e. The van der Waals surface area contributed by atoms with E-state index in [-0.39, 0.29) is 5.78 Å². The summed E-state index contributed by atoms with van der Waals surface area (Å²) in [5, 5.41) is 9.54. The van der Waals surface area contributed by atoms with Crippen LogP contribution in [0.25, 0.3) is 0 Å². The average molecular weight is 536 g/mol. The predicted octanol–water partition coefficient (Wildman–Crippen LogP) is 5.82. The Morgan fingerprint density at radius 2 is 1.84 bits per heavy atom. The first kappa shape index (κ1) is 20.4. The van der Waals surface area contributed by atoms with Gasteiger partial charge in [0.1, 0.15) is 0 Å². The lowest BCUT2D eigenvalue weighted by Crippen LogP contribution is -2.17. The van der Waals surface area contributed by atoms with E-state index in [0.717, 1.165) is 20.9 Å². The Hall–Kier alpha value is -0.920. The van der Waals surface area contributed by atoms with Crippen molar-refractivity contribution in [3.63, 3.8) is 0 Å². The van der Waals surface area contributed by atoms with E-state index in [1.807, 2.05) is 26.0 Å². The summed E-state index contributed by atoms with van der Waals surface area (Å²) in [5.41, 5.74) is 2.44. The fraction of sp³-hybridized carbons (Fsp3) is 0.333. The molecule has 1 aromatic heterocycles. The summed E-state index contributed by atoms with van der Waals surface area (Å²) in [4.78, 5) is 24.8. The van der Waals surface area contributed by atoms with Crippen LogP contribution in [0.15, 0.2) is 31.6 Å². The number of carboxylic acids is 1. The van der Waals surface area contributed by atoms with E-state index < -0.39 is 11.9 Å². The van der Waals surface area contributed by atoms with Gasteiger partial charge in [-0.1, -0.05) is 29.3 Å². The molecule has 1 atom stereocenters. The second-order valence-electron chi connectivity index (χ2n) is 5.92. The van der Waals surface area contributed by atoms with Crippen LogP contribution in [-0.2, 0) is 11.8 Å². The van der Waals surface area contributed by atoms with Crippen molar-refractivity contribution < 1.29 is 14.7 Å². The van der Waals surface area contributed by atoms with Gasteiger partial charge in [-0.05, 0) is 69.0 Å². The maximum Gasteiger partial charge on any atom is 0.312 e. The molecule has 25 heavy (non-hydrogen) atoms. The number of ketones is 1. The molecule has 2 aromatic rings. The van der Waals surface area contributed by atoms with Gasteiger partial charge >= 0.3 is 5.97 Å². The number of rotatable bonds is 6. The Labute approximate surface area is 172 Å². The number of nitrogens with zero attached hydrogens (tertiary/aromatic N) is 1. The fourth-order valence-corrected chi connectivity index (χ4v) is 4.62. The smallest absolute Gasteiger partial charge is 0.312 e. The normalized spacial score (nSPS) is 12.2. The first-order valence-electron chi connectivity index (χ1n) is 7.77. The molecule has 0 saturated carbocycles. The largest absolute Gasteiger partial charge is 0.481 e. The number of carboxylic acid groups (broad SMARTS) is 1. The summed E-state index contributed by atoms with van der Waals surface area (Å²) in [6.45, 7) is 3.79. The van der Waals surface area contributed by atoms with Crippen LogP contribution in [-0.4, -0.2) is 21.4 Å². The SMILES string of the molecule is CCCC(C(=O)O)c1cc(C)c(C(=O)c2cc(Br)cc(Br)c2Br)n1C. The van der Waals surface area contributed by atoms with Crippen molar-refractivity contribution in [1.82, 2.24) is 4.57 Å². The number of aromatic nitrogens is 1. The molecule has 1 N–H and O–H groups in total. The van der Waals surface area contributed by atoms with Crippen LogP contribution in [0.5, 0.6) is 0 Å². The monoisotopic (exact) mass is 533 g/mol. The van der Waals surface area contributed by atoms with Crippen molar-refractivity contribution in [3.05, 3.63) is 54.1 Å². The maximum atomic E-state index is 13.1. The number of hydrogen-bond acceptors (Lipinski definition) is 2. The van der Waals surface area contributed by atoms with Crippen LogP contribution in [0.4, 0.5) is 0 Å². The fourth-order valence-electron chi connectivity index (χ4n) is 2.98. The van der Waals surface area contributed by atoms with Crippen LogP contribution in [0, 0.1) is 6.92 Å². The number of carbonyl (C=O) groups excluding carboxylic acids is 1. The molecule has 0 spiro atoms. The summed E-state index contributed by atoms with van der Waals surface area (Å²) in [7, 11) is 1.75. The molecule has 0 bridgehead atoms. The molecule has 0 fully saturated rings. The van der Waals surface area contributed by atoms with Crippen LogP contribution < -0.4 is 0 Å². The highest BCUT2D eigenvalue weighted by Gasteiger charge is 2.27. The Morgan fingerprint density at radius 3 is 2.40 bits per heavy atom. The molecule has 0 aliphatic rings. The van der Waals surface area contributed by atoms with Gasteiger partial charge in [0.15, 0.2) is 0 Å². The van der Waals surface area contributed by atoms with Gasteiger partial charge in [0, 0.05) is 31.7 Å². The first-order chi connectivity index (χ1) is 11.7. The van der Waals surface area contributed by atoms with Crippen molar-refractivity contribution in [2.24, 2.45) is 7.05 Å². The zero-order chi connectivity index (χ0) is 18.9. The van der Waals surface area contributed by atoms with Crippen molar-refractivity contribution in [1.29, 1.82) is 0 Å². The standard InChI is InChI=1S/C18H18Br3NO3/c1-4-5-11(18(24)25)14-6-9(2)16(22(14)3)17(23)12-7-10(19)8-13(20)15(12)21/h6-8,11H,4-5H2,1-3H3,(H,24,25). The van der Waals surface area contributed by atoms with Crippen LogP contribution in [0.2, 0.25) is 0 Å². The molecule has 0 aliphatic carbocycles. The minimum absolute atomic E-state index is 0.152. The molecule has 134 valence electrons. The van der Waals surface area contributed by atoms with E-state index in [4.69, 9.17) is 0 Å². The summed E-state index contributed by atoms with van der Waals surface area (Å²) in [5.74, 6) is -1.64. The summed E-state index contributed by atoms with van der Waals surface area (Å²) in [6, 6.07) is 5.42. The van der Waals surface area contributed by atoms with Crippen LogP contribution in [0.3, 0.4) is 0 Å². The Morgan fingerprint density at radius 1 is 1.20 bits per heavy atom. The zero-order valence-electron chi connectivity index (χ0n) is 14.1. The van der Waals surface area contributed by atoms with E-state index in [1.54, 1.807) is 17.7 Å². The van der Waals surface area contributed by atoms with Crippen LogP contribution in [0.1, 0.15) is 53.0 Å². The molecule has 2 rings (SSSR count). The van der Waals surface area contributed by atoms with Gasteiger partial charge in [-0.3, -0.25) is 9.59 Å². The second kappa shape index (κ2) is 8.18. The van der Waals surface area contributed by atoms with Gasteiger partial charge in [0.05, 0.1) is 11.6 Å². The van der Waals surface area contributed by atoms with Gasteiger partial charge < -0.3 is 9.67 Å². The van der Waals surface area contributed by atoms with Gasteiger partial charge in [-0.2, -0.15) is 0 Å². The Bertz CT molecular complexity index is 843. The molecule has 0 aliphatic heterocycles. The van der Waals surface area contributed by atoms with Gasteiger partial charge in [-0.15, -0.1) is 0 Å². The number of hydrogen-bond donors (Lipinski definition) is 1. The topological polar surface area (TPSA) is 59.3 Å². The molecule has 0 radical (unpaired) electrons. The number of carbonyl (C=O) groups is 2. The molecule has 1 heterocycles. The van der Waals surface area contributed by atoms with E-state index >= 15 is 0 Å². The Balaban J connectivity index is 2.58. The summed E-state index contributed by atoms with van der Waals surface area (Å²) < 4.78 is 3.94. The number of benzene rings is 1. The lowest BCUT2D eigenvalue weighted by atomic mass is 10.00. The molecule has 0 saturated heterocycles. The summed E-state index contributed by atoms with van der Waals surface area (Å²) in [6.07, 6.45) is 1.29. The molecule has 0 amide bonds. The number of aryl methyl sites for hydroxylation is 1. The Kier molecular flexibility index (Phi) is 6.68. The molecule has 1 aromatic carbocycles. The van der Waals surface area contributed by atoms with E-state index in [1.165, 1.54) is 0 Å². The van der Waals surface area contributed by atoms with E-state index in [9.17, 15) is 14.7 Å². The third-order valence-electron chi connectivity index (χ3n) is 4.15. The summed E-state index contributed by atoms with van der Waals surface area (Å²) >= 11 is 10.3. The second-order valence-corrected chi connectivity index (χ2v) is 8.48. The lowest BCUT2D eigenvalue weighted by Gasteiger charge is -2.14. The van der Waals surface area contributed by atoms with Gasteiger partial charge in [0.25, 0.3) is 0 Å². The first-order valence-corrected chi connectivity index (χ1v) is 10.1. The quantitative estimate of drug-likeness (QED) is 0.374. The van der Waals surface area contributed by atoms with Crippen molar-refractivity contribution in [3.8, 4) is 0 Å². The number of aliphatic carboxylic acids is 1. The molecular formula is C18H18Br3NO3. The molecule has 1 unspecified atom stereocenters. The lowest BCUT2D eigenvalue weighted by molar-refractivity contribution is -0.139. The highest BCUT2D eigenvalue weighted by Crippen LogP contribution is 2.34. The zero-order valence-corrected chi connectivity index (χ0v) is 18.8. The highest BCUT2D eigenvalue weighted by atomic mass is 79.9. The molecular weight excluding hydrogens is 518 g/mol. The van der Waals surface area contributed by atoms with Crippen molar-refractivity contribution in [2.75, 3.05) is 0 Å². The van der Waals surface area contributed by atoms with E-state index in [0.29, 0.717) is 27.8 Å². The molecule has 4 nitrogen and oxygen atoms in total. The van der Waals surface area contributed by atoms with E-state index in [2.05, 4.69) is 47.8 Å².